The fraction of sp³-hybridized carbons (Fsp3) is 0.636. The number of anilines is 1. The molecule has 2 aromatic heterocycles. The van der Waals surface area contributed by atoms with Crippen molar-refractivity contribution in [1.29, 1.82) is 5.26 Å². The molecule has 2 aromatic rings. The van der Waals surface area contributed by atoms with Gasteiger partial charge in [-0.05, 0) is 31.7 Å². The average Bonchev–Trinajstić information content (AvgIpc) is 3.22. The van der Waals surface area contributed by atoms with E-state index >= 15 is 0 Å². The smallest absolute Gasteiger partial charge is 0.282 e. The molecule has 2 saturated heterocycles. The Labute approximate surface area is 199 Å². The molecule has 0 radical (unpaired) electrons. The first-order valence-corrected chi connectivity index (χ1v) is 13.2. The molecule has 1 spiro atoms. The van der Waals surface area contributed by atoms with Crippen LogP contribution in [0.5, 0.6) is 0 Å². The standard InChI is InChI=1S/C22H30N8O3S/c1-27(14-17-4-3-11-29(17)19(31)5-2-9-23)34(32,33)30-13-12-28(15-22(30)7-8-22)21-18-6-10-24-20(18)25-16-26-21/h6,10,16-17H,2-5,7-8,11-15H2,1H3,(H,24,25,26)/t17-/m1/s1. The number of H-pyrrole nitrogens is 1. The first-order valence-electron chi connectivity index (χ1n) is 11.8. The zero-order valence-corrected chi connectivity index (χ0v) is 20.2. The molecule has 0 aromatic carbocycles. The quantitative estimate of drug-likeness (QED) is 0.620. The maximum absolute atomic E-state index is 13.6. The minimum Gasteiger partial charge on any atom is -0.353 e. The van der Waals surface area contributed by atoms with E-state index in [0.29, 0.717) is 26.2 Å². The number of nitrogens with zero attached hydrogens (tertiary/aromatic N) is 7. The van der Waals surface area contributed by atoms with Crippen LogP contribution in [0.4, 0.5) is 5.82 Å². The van der Waals surface area contributed by atoms with E-state index in [2.05, 4.69) is 19.9 Å². The van der Waals surface area contributed by atoms with Gasteiger partial charge in [0.2, 0.25) is 5.91 Å². The highest BCUT2D eigenvalue weighted by molar-refractivity contribution is 7.86. The van der Waals surface area contributed by atoms with E-state index in [1.165, 1.54) is 10.6 Å². The maximum atomic E-state index is 13.6. The van der Waals surface area contributed by atoms with Crippen molar-refractivity contribution in [3.05, 3.63) is 18.6 Å². The van der Waals surface area contributed by atoms with Crippen LogP contribution in [0.1, 0.15) is 38.5 Å². The van der Waals surface area contributed by atoms with Gasteiger partial charge in [-0.15, -0.1) is 0 Å². The van der Waals surface area contributed by atoms with E-state index in [1.807, 2.05) is 18.3 Å². The van der Waals surface area contributed by atoms with E-state index < -0.39 is 15.7 Å². The Morgan fingerprint density at radius 3 is 2.91 bits per heavy atom. The summed E-state index contributed by atoms with van der Waals surface area (Å²) < 4.78 is 30.4. The molecule has 182 valence electrons. The highest BCUT2D eigenvalue weighted by atomic mass is 32.2. The van der Waals surface area contributed by atoms with Crippen molar-refractivity contribution in [2.75, 3.05) is 44.7 Å². The molecular weight excluding hydrogens is 456 g/mol. The number of nitriles is 1. The maximum Gasteiger partial charge on any atom is 0.282 e. The van der Waals surface area contributed by atoms with E-state index in [9.17, 15) is 13.2 Å². The fourth-order valence-electron chi connectivity index (χ4n) is 5.38. The van der Waals surface area contributed by atoms with Gasteiger partial charge in [-0.1, -0.05) is 0 Å². The molecule has 5 rings (SSSR count). The molecule has 12 heteroatoms. The summed E-state index contributed by atoms with van der Waals surface area (Å²) in [5.74, 6) is 0.767. The third-order valence-corrected chi connectivity index (χ3v) is 9.40. The lowest BCUT2D eigenvalue weighted by Crippen LogP contribution is -2.60. The Morgan fingerprint density at radius 1 is 1.32 bits per heavy atom. The van der Waals surface area contributed by atoms with E-state index in [1.54, 1.807) is 16.3 Å². The van der Waals surface area contributed by atoms with Crippen LogP contribution in [-0.4, -0.2) is 94.1 Å². The molecule has 3 fully saturated rings. The molecule has 34 heavy (non-hydrogen) atoms. The summed E-state index contributed by atoms with van der Waals surface area (Å²) >= 11 is 0. The number of hydrogen-bond acceptors (Lipinski definition) is 7. The Bertz CT molecular complexity index is 1220. The summed E-state index contributed by atoms with van der Waals surface area (Å²) in [5.41, 5.74) is 0.353. The van der Waals surface area contributed by atoms with E-state index in [0.717, 1.165) is 42.5 Å². The van der Waals surface area contributed by atoms with Gasteiger partial charge in [-0.3, -0.25) is 4.79 Å². The number of aromatic amines is 1. The molecule has 1 saturated carbocycles. The van der Waals surface area contributed by atoms with Crippen LogP contribution in [0.3, 0.4) is 0 Å². The number of piperazine rings is 1. The number of likely N-dealkylation sites (N-methyl/N-ethyl adjacent to an activating group) is 1. The van der Waals surface area contributed by atoms with Gasteiger partial charge in [0.1, 0.15) is 17.8 Å². The number of aromatic nitrogens is 3. The van der Waals surface area contributed by atoms with Gasteiger partial charge in [-0.2, -0.15) is 22.3 Å². The van der Waals surface area contributed by atoms with Crippen LogP contribution < -0.4 is 4.90 Å². The van der Waals surface area contributed by atoms with Crippen molar-refractivity contribution in [3.63, 3.8) is 0 Å². The SMILES string of the molecule is CN(C[C@H]1CCCN1C(=O)CCC#N)S(=O)(=O)N1CCN(c2ncnc3[nH]ccc23)CC12CC2. The van der Waals surface area contributed by atoms with Crippen molar-refractivity contribution < 1.29 is 13.2 Å². The molecular formula is C22H30N8O3S. The Balaban J connectivity index is 1.29. The predicted molar refractivity (Wildman–Crippen MR) is 126 cm³/mol. The number of fused-ring (bicyclic) bond motifs is 1. The molecule has 1 aliphatic carbocycles. The topological polar surface area (TPSA) is 130 Å². The summed E-state index contributed by atoms with van der Waals surface area (Å²) in [7, 11) is -2.07. The summed E-state index contributed by atoms with van der Waals surface area (Å²) in [4.78, 5) is 28.3. The Morgan fingerprint density at radius 2 is 2.15 bits per heavy atom. The number of amides is 1. The van der Waals surface area contributed by atoms with Gasteiger partial charge in [0, 0.05) is 64.9 Å². The van der Waals surface area contributed by atoms with Crippen LogP contribution >= 0.6 is 0 Å². The summed E-state index contributed by atoms with van der Waals surface area (Å²) in [6.45, 7) is 2.43. The summed E-state index contributed by atoms with van der Waals surface area (Å²) in [6.07, 6.45) is 7.01. The van der Waals surface area contributed by atoms with Gasteiger partial charge in [0.15, 0.2) is 0 Å². The molecule has 0 bridgehead atoms. The predicted octanol–water partition coefficient (Wildman–Crippen LogP) is 1.08. The minimum atomic E-state index is -3.69. The lowest BCUT2D eigenvalue weighted by Gasteiger charge is -2.43. The van der Waals surface area contributed by atoms with Crippen LogP contribution in [0, 0.1) is 11.3 Å². The van der Waals surface area contributed by atoms with Gasteiger partial charge < -0.3 is 14.8 Å². The van der Waals surface area contributed by atoms with E-state index in [-0.39, 0.29) is 31.3 Å². The third-order valence-electron chi connectivity index (χ3n) is 7.34. The number of rotatable bonds is 7. The van der Waals surface area contributed by atoms with Crippen molar-refractivity contribution in [2.45, 2.75) is 50.1 Å². The van der Waals surface area contributed by atoms with Crippen LogP contribution in [0.2, 0.25) is 0 Å². The first kappa shape index (κ1) is 23.0. The van der Waals surface area contributed by atoms with Crippen molar-refractivity contribution >= 4 is 33.0 Å². The van der Waals surface area contributed by atoms with Gasteiger partial charge in [-0.25, -0.2) is 9.97 Å². The number of carbonyl (C=O) groups is 1. The number of likely N-dealkylation sites (tertiary alicyclic amines) is 1. The average molecular weight is 487 g/mol. The molecule has 1 atom stereocenters. The Hall–Kier alpha value is -2.75. The second-order valence-corrected chi connectivity index (χ2v) is 11.4. The monoisotopic (exact) mass is 486 g/mol. The molecule has 4 heterocycles. The van der Waals surface area contributed by atoms with Crippen molar-refractivity contribution in [2.24, 2.45) is 0 Å². The first-order chi connectivity index (χ1) is 16.4. The number of carbonyl (C=O) groups excluding carboxylic acids is 1. The minimum absolute atomic E-state index is 0.0666. The molecule has 1 N–H and O–H groups in total. The largest absolute Gasteiger partial charge is 0.353 e. The van der Waals surface area contributed by atoms with Gasteiger partial charge in [0.25, 0.3) is 10.2 Å². The second-order valence-electron chi connectivity index (χ2n) is 9.48. The Kier molecular flexibility index (Phi) is 5.95. The molecule has 1 amide bonds. The fourth-order valence-corrected chi connectivity index (χ4v) is 7.12. The lowest BCUT2D eigenvalue weighted by molar-refractivity contribution is -0.132. The van der Waals surface area contributed by atoms with Crippen LogP contribution in [0.25, 0.3) is 11.0 Å². The van der Waals surface area contributed by atoms with E-state index in [4.69, 9.17) is 5.26 Å². The normalized spacial score (nSPS) is 22.6. The molecule has 0 unspecified atom stereocenters. The zero-order chi connectivity index (χ0) is 23.9. The lowest BCUT2D eigenvalue weighted by atomic mass is 10.2. The summed E-state index contributed by atoms with van der Waals surface area (Å²) in [5, 5.41) is 9.72. The zero-order valence-electron chi connectivity index (χ0n) is 19.4. The van der Waals surface area contributed by atoms with Gasteiger partial charge >= 0.3 is 0 Å². The molecule has 11 nitrogen and oxygen atoms in total. The highest BCUT2D eigenvalue weighted by Gasteiger charge is 2.57. The third kappa shape index (κ3) is 4.01. The number of hydrogen-bond donors (Lipinski definition) is 1. The summed E-state index contributed by atoms with van der Waals surface area (Å²) in [6, 6.07) is 3.81. The van der Waals surface area contributed by atoms with Gasteiger partial charge in [0.05, 0.1) is 17.0 Å². The highest BCUT2D eigenvalue weighted by Crippen LogP contribution is 2.47. The van der Waals surface area contributed by atoms with Crippen molar-refractivity contribution in [3.8, 4) is 6.07 Å². The van der Waals surface area contributed by atoms with Crippen molar-refractivity contribution in [1.82, 2.24) is 28.5 Å². The number of nitrogens with one attached hydrogen (secondary N) is 1. The molecule has 3 aliphatic rings. The van der Waals surface area contributed by atoms with Crippen LogP contribution in [-0.2, 0) is 15.0 Å². The van der Waals surface area contributed by atoms with Crippen LogP contribution in [0.15, 0.2) is 18.6 Å². The molecule has 2 aliphatic heterocycles. The second kappa shape index (κ2) is 8.79.